The number of benzene rings is 1. The lowest BCUT2D eigenvalue weighted by molar-refractivity contribution is 0.0911. The third-order valence-electron chi connectivity index (χ3n) is 3.45. The molecule has 0 bridgehead atoms. The van der Waals surface area contributed by atoms with Crippen LogP contribution in [0.3, 0.4) is 0 Å². The van der Waals surface area contributed by atoms with Gasteiger partial charge in [-0.1, -0.05) is 12.1 Å². The molecule has 1 N–H and O–H groups in total. The van der Waals surface area contributed by atoms with Crippen molar-refractivity contribution in [3.05, 3.63) is 60.0 Å². The van der Waals surface area contributed by atoms with Crippen LogP contribution in [-0.4, -0.2) is 21.2 Å². The lowest BCUT2D eigenvalue weighted by Crippen LogP contribution is -2.41. The highest BCUT2D eigenvalue weighted by atomic mass is 16.3. The van der Waals surface area contributed by atoms with Crippen LogP contribution in [0.15, 0.2) is 53.1 Å². The summed E-state index contributed by atoms with van der Waals surface area (Å²) >= 11 is 0. The van der Waals surface area contributed by atoms with E-state index in [2.05, 4.69) is 10.4 Å². The van der Waals surface area contributed by atoms with Gasteiger partial charge in [-0.25, -0.2) is 4.68 Å². The van der Waals surface area contributed by atoms with Gasteiger partial charge in [0.05, 0.1) is 12.0 Å². The molecule has 0 aliphatic carbocycles. The summed E-state index contributed by atoms with van der Waals surface area (Å²) in [5, 5.41) is 7.57. The lowest BCUT2D eigenvalue weighted by Gasteiger charge is -2.20. The molecule has 0 fully saturated rings. The minimum absolute atomic E-state index is 0.172. The summed E-state index contributed by atoms with van der Waals surface area (Å²) in [5.74, 6) is 0.459. The van der Waals surface area contributed by atoms with Gasteiger partial charge in [0.1, 0.15) is 11.4 Å². The van der Waals surface area contributed by atoms with Gasteiger partial charge in [0.25, 0.3) is 5.91 Å². The topological polar surface area (TPSA) is 60.1 Å². The monoisotopic (exact) mass is 323 g/mol. The van der Waals surface area contributed by atoms with Crippen LogP contribution in [0, 0.1) is 6.92 Å². The maximum Gasteiger partial charge on any atom is 0.270 e. The van der Waals surface area contributed by atoms with Gasteiger partial charge in [0.15, 0.2) is 5.76 Å². The fourth-order valence-corrected chi connectivity index (χ4v) is 2.45. The van der Waals surface area contributed by atoms with Crippen LogP contribution in [0.5, 0.6) is 0 Å². The van der Waals surface area contributed by atoms with E-state index in [1.807, 2.05) is 58.0 Å². The largest absolute Gasteiger partial charge is 0.463 e. The molecule has 0 saturated carbocycles. The Morgan fingerprint density at radius 3 is 2.58 bits per heavy atom. The van der Waals surface area contributed by atoms with Crippen molar-refractivity contribution in [2.75, 3.05) is 0 Å². The van der Waals surface area contributed by atoms with Crippen LogP contribution in [0.25, 0.3) is 17.1 Å². The summed E-state index contributed by atoms with van der Waals surface area (Å²) in [7, 11) is 0. The number of rotatable bonds is 3. The van der Waals surface area contributed by atoms with Gasteiger partial charge in [-0.15, -0.1) is 0 Å². The summed E-state index contributed by atoms with van der Waals surface area (Å²) in [6.07, 6.45) is 1.59. The highest BCUT2D eigenvalue weighted by Gasteiger charge is 2.22. The van der Waals surface area contributed by atoms with E-state index in [0.29, 0.717) is 17.1 Å². The van der Waals surface area contributed by atoms with Crippen LogP contribution in [0.4, 0.5) is 0 Å². The van der Waals surface area contributed by atoms with Crippen molar-refractivity contribution >= 4 is 5.91 Å². The van der Waals surface area contributed by atoms with E-state index in [4.69, 9.17) is 4.42 Å². The SMILES string of the molecule is Cc1cccc(-n2nc(-c3ccco3)cc2C(=O)NC(C)(C)C)c1. The van der Waals surface area contributed by atoms with Crippen molar-refractivity contribution in [1.82, 2.24) is 15.1 Å². The third-order valence-corrected chi connectivity index (χ3v) is 3.45. The fourth-order valence-electron chi connectivity index (χ4n) is 2.45. The molecule has 0 spiro atoms. The van der Waals surface area contributed by atoms with E-state index in [0.717, 1.165) is 11.3 Å². The number of carbonyl (C=O) groups excluding carboxylic acids is 1. The number of carbonyl (C=O) groups is 1. The normalized spacial score (nSPS) is 11.5. The molecule has 24 heavy (non-hydrogen) atoms. The van der Waals surface area contributed by atoms with Crippen molar-refractivity contribution in [2.45, 2.75) is 33.2 Å². The summed E-state index contributed by atoms with van der Waals surface area (Å²) in [5.41, 5.74) is 2.71. The molecule has 0 atom stereocenters. The number of aromatic nitrogens is 2. The molecule has 5 nitrogen and oxygen atoms in total. The highest BCUT2D eigenvalue weighted by molar-refractivity contribution is 5.94. The molecule has 0 radical (unpaired) electrons. The molecule has 0 unspecified atom stereocenters. The average molecular weight is 323 g/mol. The van der Waals surface area contributed by atoms with Gasteiger partial charge < -0.3 is 9.73 Å². The summed E-state index contributed by atoms with van der Waals surface area (Å²) < 4.78 is 7.08. The second-order valence-electron chi connectivity index (χ2n) is 6.85. The Labute approximate surface area is 141 Å². The number of aryl methyl sites for hydroxylation is 1. The molecule has 3 aromatic rings. The lowest BCUT2D eigenvalue weighted by atomic mass is 10.1. The zero-order chi connectivity index (χ0) is 17.3. The third kappa shape index (κ3) is 3.40. The Morgan fingerprint density at radius 2 is 1.96 bits per heavy atom. The molecular formula is C19H21N3O2. The first kappa shape index (κ1) is 16.1. The van der Waals surface area contributed by atoms with Gasteiger partial charge in [0, 0.05) is 11.6 Å². The van der Waals surface area contributed by atoms with E-state index < -0.39 is 0 Å². The Bertz CT molecular complexity index is 855. The Hall–Kier alpha value is -2.82. The van der Waals surface area contributed by atoms with E-state index in [1.165, 1.54) is 0 Å². The van der Waals surface area contributed by atoms with Gasteiger partial charge in [-0.3, -0.25) is 4.79 Å². The van der Waals surface area contributed by atoms with Gasteiger partial charge >= 0.3 is 0 Å². The number of amides is 1. The van der Waals surface area contributed by atoms with Crippen LogP contribution >= 0.6 is 0 Å². The van der Waals surface area contributed by atoms with E-state index in [-0.39, 0.29) is 11.4 Å². The number of nitrogens with zero attached hydrogens (tertiary/aromatic N) is 2. The smallest absolute Gasteiger partial charge is 0.270 e. The Morgan fingerprint density at radius 1 is 1.17 bits per heavy atom. The first-order chi connectivity index (χ1) is 11.3. The molecule has 0 saturated heterocycles. The Kier molecular flexibility index (Phi) is 4.01. The highest BCUT2D eigenvalue weighted by Crippen LogP contribution is 2.23. The minimum Gasteiger partial charge on any atom is -0.463 e. The number of nitrogens with one attached hydrogen (secondary N) is 1. The summed E-state index contributed by atoms with van der Waals surface area (Å²) in [6.45, 7) is 7.86. The first-order valence-electron chi connectivity index (χ1n) is 7.87. The molecule has 0 aliphatic heterocycles. The van der Waals surface area contributed by atoms with Crippen molar-refractivity contribution in [1.29, 1.82) is 0 Å². The molecule has 3 rings (SSSR count). The molecular weight excluding hydrogens is 302 g/mol. The second-order valence-corrected chi connectivity index (χ2v) is 6.85. The molecule has 5 heteroatoms. The van der Waals surface area contributed by atoms with Gasteiger partial charge in [-0.2, -0.15) is 5.10 Å². The number of furan rings is 1. The van der Waals surface area contributed by atoms with Crippen molar-refractivity contribution in [3.63, 3.8) is 0 Å². The average Bonchev–Trinajstić information content (AvgIpc) is 3.15. The van der Waals surface area contributed by atoms with E-state index >= 15 is 0 Å². The van der Waals surface area contributed by atoms with E-state index in [1.54, 1.807) is 23.1 Å². The van der Waals surface area contributed by atoms with Crippen molar-refractivity contribution in [2.24, 2.45) is 0 Å². The zero-order valence-corrected chi connectivity index (χ0v) is 14.3. The fraction of sp³-hybridized carbons (Fsp3) is 0.263. The predicted octanol–water partition coefficient (Wildman–Crippen LogP) is 3.97. The molecule has 1 aromatic carbocycles. The second kappa shape index (κ2) is 6.00. The first-order valence-corrected chi connectivity index (χ1v) is 7.87. The van der Waals surface area contributed by atoms with Crippen LogP contribution in [-0.2, 0) is 0 Å². The number of hydrogen-bond acceptors (Lipinski definition) is 3. The maximum atomic E-state index is 12.7. The van der Waals surface area contributed by atoms with Crippen molar-refractivity contribution < 1.29 is 9.21 Å². The van der Waals surface area contributed by atoms with Crippen molar-refractivity contribution in [3.8, 4) is 17.1 Å². The Balaban J connectivity index is 2.10. The maximum absolute atomic E-state index is 12.7. The minimum atomic E-state index is -0.330. The molecule has 2 aromatic heterocycles. The zero-order valence-electron chi connectivity index (χ0n) is 14.3. The molecule has 2 heterocycles. The quantitative estimate of drug-likeness (QED) is 0.793. The summed E-state index contributed by atoms with van der Waals surface area (Å²) in [6, 6.07) is 13.3. The van der Waals surface area contributed by atoms with Gasteiger partial charge in [-0.05, 0) is 57.5 Å². The van der Waals surface area contributed by atoms with Crippen LogP contribution in [0.2, 0.25) is 0 Å². The van der Waals surface area contributed by atoms with Crippen LogP contribution < -0.4 is 5.32 Å². The van der Waals surface area contributed by atoms with Crippen LogP contribution in [0.1, 0.15) is 36.8 Å². The molecule has 1 amide bonds. The summed E-state index contributed by atoms with van der Waals surface area (Å²) in [4.78, 5) is 12.7. The molecule has 124 valence electrons. The molecule has 0 aliphatic rings. The predicted molar refractivity (Wildman–Crippen MR) is 93.2 cm³/mol. The number of hydrogen-bond donors (Lipinski definition) is 1. The van der Waals surface area contributed by atoms with E-state index in [9.17, 15) is 4.79 Å². The van der Waals surface area contributed by atoms with Gasteiger partial charge in [0.2, 0.25) is 0 Å². The standard InChI is InChI=1S/C19H21N3O2/c1-13-7-5-8-14(11-13)22-16(18(23)20-19(2,3)4)12-15(21-22)17-9-6-10-24-17/h5-12H,1-4H3,(H,20,23).